The van der Waals surface area contributed by atoms with Crippen molar-refractivity contribution in [3.05, 3.63) is 89.7 Å². The van der Waals surface area contributed by atoms with Gasteiger partial charge in [0.2, 0.25) is 5.69 Å². The van der Waals surface area contributed by atoms with Crippen molar-refractivity contribution < 1.29 is 27.4 Å². The van der Waals surface area contributed by atoms with Crippen LogP contribution in [0.5, 0.6) is 0 Å². The highest BCUT2D eigenvalue weighted by molar-refractivity contribution is 7.85. The molecule has 0 spiro atoms. The van der Waals surface area contributed by atoms with Crippen molar-refractivity contribution >= 4 is 33.2 Å². The zero-order chi connectivity index (χ0) is 30.0. The van der Waals surface area contributed by atoms with Crippen molar-refractivity contribution in [1.82, 2.24) is 0 Å². The molecule has 1 atom stereocenters. The van der Waals surface area contributed by atoms with Gasteiger partial charge in [0.05, 0.1) is 10.3 Å². The van der Waals surface area contributed by atoms with E-state index in [4.69, 9.17) is 5.11 Å². The second kappa shape index (κ2) is 11.8. The van der Waals surface area contributed by atoms with Gasteiger partial charge in [-0.2, -0.15) is 4.58 Å². The summed E-state index contributed by atoms with van der Waals surface area (Å²) in [5, 5.41) is 9.09. The molecule has 0 fully saturated rings. The van der Waals surface area contributed by atoms with E-state index in [1.165, 1.54) is 29.1 Å². The van der Waals surface area contributed by atoms with Gasteiger partial charge in [0.1, 0.15) is 16.7 Å². The number of likely N-dealkylation sites (N-methyl/N-ethyl adjacent to an activating group) is 1. The fourth-order valence-corrected chi connectivity index (χ4v) is 6.88. The number of fused-ring (bicyclic) bond motifs is 2. The summed E-state index contributed by atoms with van der Waals surface area (Å²) in [6.45, 7) is 12.1. The largest absolute Gasteiger partial charge is 0.744 e. The molecule has 2 aliphatic heterocycles. The van der Waals surface area contributed by atoms with Crippen LogP contribution in [0.2, 0.25) is 0 Å². The number of anilines is 1. The van der Waals surface area contributed by atoms with Crippen molar-refractivity contribution in [2.24, 2.45) is 0 Å². The quantitative estimate of drug-likeness (QED) is 0.143. The minimum absolute atomic E-state index is 0.181. The lowest BCUT2D eigenvalue weighted by Gasteiger charge is -2.30. The lowest BCUT2D eigenvalue weighted by molar-refractivity contribution is -0.433. The topological polar surface area (TPSA) is 101 Å². The maximum atomic E-state index is 11.7. The molecule has 2 aromatic rings. The smallest absolute Gasteiger partial charge is 0.303 e. The molecule has 1 N–H and O–H groups in total. The van der Waals surface area contributed by atoms with E-state index in [1.807, 2.05) is 39.0 Å². The molecule has 4 rings (SSSR count). The number of allylic oxidation sites excluding steroid dienone is 6. The number of para-hydroxylation sites is 1. The number of hydrogen-bond donors (Lipinski definition) is 1. The minimum Gasteiger partial charge on any atom is -0.744 e. The Balaban J connectivity index is 1.62. The fraction of sp³-hybridized carbons (Fsp3) is 0.394. The van der Waals surface area contributed by atoms with Crippen LogP contribution in [0.15, 0.2) is 83.4 Å². The first-order chi connectivity index (χ1) is 19.4. The molecule has 41 heavy (non-hydrogen) atoms. The van der Waals surface area contributed by atoms with E-state index in [1.54, 1.807) is 6.07 Å². The summed E-state index contributed by atoms with van der Waals surface area (Å²) >= 11 is 0. The Labute approximate surface area is 244 Å². The Morgan fingerprint density at radius 3 is 2.41 bits per heavy atom. The van der Waals surface area contributed by atoms with Crippen LogP contribution in [0, 0.1) is 0 Å². The lowest BCUT2D eigenvalue weighted by atomic mass is 9.77. The predicted octanol–water partition coefficient (Wildman–Crippen LogP) is 6.43. The third kappa shape index (κ3) is 5.81. The predicted molar refractivity (Wildman–Crippen MR) is 162 cm³/mol. The molecule has 0 amide bonds. The molecule has 2 heterocycles. The van der Waals surface area contributed by atoms with E-state index in [0.29, 0.717) is 13.0 Å². The first-order valence-corrected chi connectivity index (χ1v) is 15.7. The number of carboxylic acid groups (broad SMARTS) is 1. The SMILES string of the molecule is CCN1/C(=C/C=C/C=C/C2=[N+](CC)c3ccc(S(=O)(=O)[O-])cc3C2(C)C)C(C)(CCCCC(=O)O)c2ccccc21. The first kappa shape index (κ1) is 30.5. The Hall–Kier alpha value is -3.49. The molecule has 8 heteroatoms. The second-order valence-corrected chi connectivity index (χ2v) is 12.8. The molecule has 2 aliphatic rings. The van der Waals surface area contributed by atoms with Crippen LogP contribution in [0.1, 0.15) is 71.4 Å². The summed E-state index contributed by atoms with van der Waals surface area (Å²) < 4.78 is 37.1. The molecule has 1 unspecified atom stereocenters. The van der Waals surface area contributed by atoms with Gasteiger partial charge in [-0.25, -0.2) is 8.42 Å². The summed E-state index contributed by atoms with van der Waals surface area (Å²) in [7, 11) is -4.54. The third-order valence-corrected chi connectivity index (χ3v) is 9.31. The van der Waals surface area contributed by atoms with Crippen LogP contribution in [0.3, 0.4) is 0 Å². The van der Waals surface area contributed by atoms with Gasteiger partial charge in [0.25, 0.3) is 0 Å². The monoisotopic (exact) mass is 576 g/mol. The van der Waals surface area contributed by atoms with E-state index in [2.05, 4.69) is 59.7 Å². The Kier molecular flexibility index (Phi) is 8.76. The Morgan fingerprint density at radius 2 is 1.76 bits per heavy atom. The van der Waals surface area contributed by atoms with Crippen molar-refractivity contribution in [3.63, 3.8) is 0 Å². The molecular weight excluding hydrogens is 536 g/mol. The zero-order valence-corrected chi connectivity index (χ0v) is 25.4. The van der Waals surface area contributed by atoms with Crippen LogP contribution >= 0.6 is 0 Å². The Bertz CT molecular complexity index is 1570. The van der Waals surface area contributed by atoms with Crippen LogP contribution in [0.4, 0.5) is 11.4 Å². The maximum Gasteiger partial charge on any atom is 0.303 e. The molecule has 0 saturated carbocycles. The van der Waals surface area contributed by atoms with Gasteiger partial charge in [-0.3, -0.25) is 4.79 Å². The Morgan fingerprint density at radius 1 is 1.02 bits per heavy atom. The van der Waals surface area contributed by atoms with Gasteiger partial charge in [-0.05, 0) is 77.3 Å². The summed E-state index contributed by atoms with van der Waals surface area (Å²) in [4.78, 5) is 13.2. The average Bonchev–Trinajstić information content (AvgIpc) is 3.29. The van der Waals surface area contributed by atoms with Gasteiger partial charge in [0, 0.05) is 47.5 Å². The molecule has 0 aromatic heterocycles. The molecule has 0 radical (unpaired) electrons. The molecule has 0 saturated heterocycles. The highest BCUT2D eigenvalue weighted by Gasteiger charge is 2.44. The molecule has 218 valence electrons. The molecular formula is C33H40N2O5S. The first-order valence-electron chi connectivity index (χ1n) is 14.3. The van der Waals surface area contributed by atoms with Crippen molar-refractivity contribution in [1.29, 1.82) is 0 Å². The number of benzene rings is 2. The highest BCUT2D eigenvalue weighted by atomic mass is 32.2. The molecule has 0 aliphatic carbocycles. The van der Waals surface area contributed by atoms with Crippen LogP contribution in [0.25, 0.3) is 0 Å². The van der Waals surface area contributed by atoms with Crippen LogP contribution in [-0.2, 0) is 25.7 Å². The highest BCUT2D eigenvalue weighted by Crippen LogP contribution is 2.50. The van der Waals surface area contributed by atoms with E-state index >= 15 is 0 Å². The summed E-state index contributed by atoms with van der Waals surface area (Å²) in [5.74, 6) is -0.758. The third-order valence-electron chi connectivity index (χ3n) is 8.48. The summed E-state index contributed by atoms with van der Waals surface area (Å²) in [6.07, 6.45) is 12.8. The molecule has 0 bridgehead atoms. The maximum absolute atomic E-state index is 11.7. The van der Waals surface area contributed by atoms with E-state index in [0.717, 1.165) is 36.3 Å². The van der Waals surface area contributed by atoms with Gasteiger partial charge < -0.3 is 14.6 Å². The van der Waals surface area contributed by atoms with Crippen LogP contribution < -0.4 is 4.90 Å². The van der Waals surface area contributed by atoms with Crippen molar-refractivity contribution in [2.45, 2.75) is 76.0 Å². The van der Waals surface area contributed by atoms with Crippen LogP contribution in [-0.4, -0.2) is 47.4 Å². The zero-order valence-electron chi connectivity index (χ0n) is 24.6. The average molecular weight is 577 g/mol. The number of aliphatic carboxylic acids is 1. The lowest BCUT2D eigenvalue weighted by Crippen LogP contribution is -2.28. The van der Waals surface area contributed by atoms with E-state index in [-0.39, 0.29) is 16.7 Å². The van der Waals surface area contributed by atoms with Gasteiger partial charge >= 0.3 is 5.97 Å². The van der Waals surface area contributed by atoms with Gasteiger partial charge in [0.15, 0.2) is 5.71 Å². The summed E-state index contributed by atoms with van der Waals surface area (Å²) in [6, 6.07) is 13.1. The normalized spacial score (nSPS) is 20.9. The molecule has 2 aromatic carbocycles. The number of hydrogen-bond acceptors (Lipinski definition) is 5. The number of unbranched alkanes of at least 4 members (excludes halogenated alkanes) is 1. The summed E-state index contributed by atoms with van der Waals surface area (Å²) in [5.41, 5.74) is 5.73. The standard InChI is InChI=1S/C33H40N2O5S/c1-6-34-28-21-20-24(41(38,39)40)23-26(28)32(3,4)29(34)17-9-8-10-18-30-33(5,22-14-13-19-31(36)37)25-15-11-12-16-27(25)35(30)7-2/h8-12,15-18,20-21,23H,6-7,13-14,19,22H2,1-5H3,(H-,36,37,38,39,40). The number of carbonyl (C=O) groups is 1. The number of nitrogens with zero attached hydrogens (tertiary/aromatic N) is 2. The number of rotatable bonds is 11. The van der Waals surface area contributed by atoms with Crippen molar-refractivity contribution in [2.75, 3.05) is 18.0 Å². The fourth-order valence-electron chi connectivity index (χ4n) is 6.38. The van der Waals surface area contributed by atoms with Gasteiger partial charge in [-0.15, -0.1) is 0 Å². The second-order valence-electron chi connectivity index (χ2n) is 11.4. The van der Waals surface area contributed by atoms with Crippen molar-refractivity contribution in [3.8, 4) is 0 Å². The minimum atomic E-state index is -4.54. The van der Waals surface area contributed by atoms with E-state index in [9.17, 15) is 17.8 Å². The van der Waals surface area contributed by atoms with E-state index < -0.39 is 21.5 Å². The van der Waals surface area contributed by atoms with Gasteiger partial charge in [-0.1, -0.05) is 42.8 Å². The number of carboxylic acids is 1. The molecule has 7 nitrogen and oxygen atoms in total.